The monoisotopic (exact) mass is 443 g/mol. The molecule has 2 aromatic rings. The van der Waals surface area contributed by atoms with E-state index in [9.17, 15) is 18.0 Å². The van der Waals surface area contributed by atoms with Crippen LogP contribution in [0.15, 0.2) is 53.4 Å². The number of rotatable bonds is 6. The second kappa shape index (κ2) is 10.1. The number of carbonyl (C=O) groups excluding carboxylic acids is 2. The van der Waals surface area contributed by atoms with Crippen LogP contribution in [-0.4, -0.2) is 43.7 Å². The number of aryl methyl sites for hydroxylation is 2. The lowest BCUT2D eigenvalue weighted by atomic mass is 10.0. The summed E-state index contributed by atoms with van der Waals surface area (Å²) in [6.07, 6.45) is 2.93. The van der Waals surface area contributed by atoms with Crippen molar-refractivity contribution < 1.29 is 18.0 Å². The van der Waals surface area contributed by atoms with Crippen LogP contribution in [0.25, 0.3) is 0 Å². The molecule has 1 unspecified atom stereocenters. The van der Waals surface area contributed by atoms with Crippen LogP contribution >= 0.6 is 0 Å². The van der Waals surface area contributed by atoms with E-state index in [1.807, 2.05) is 19.9 Å². The lowest BCUT2D eigenvalue weighted by Gasteiger charge is -2.34. The van der Waals surface area contributed by atoms with Crippen LogP contribution < -0.4 is 10.6 Å². The molecule has 7 nitrogen and oxygen atoms in total. The molecule has 8 heteroatoms. The Labute approximate surface area is 183 Å². The van der Waals surface area contributed by atoms with Crippen LogP contribution in [0.5, 0.6) is 0 Å². The summed E-state index contributed by atoms with van der Waals surface area (Å²) in [4.78, 5) is 24.5. The van der Waals surface area contributed by atoms with E-state index in [1.165, 1.54) is 0 Å². The molecule has 0 aromatic heterocycles. The summed E-state index contributed by atoms with van der Waals surface area (Å²) in [5, 5.41) is 5.18. The number of benzene rings is 2. The molecule has 0 aliphatic carbocycles. The number of anilines is 1. The Bertz CT molecular complexity index is 1040. The van der Waals surface area contributed by atoms with Crippen LogP contribution in [0.1, 0.15) is 36.8 Å². The Kier molecular flexibility index (Phi) is 7.46. The van der Waals surface area contributed by atoms with Crippen molar-refractivity contribution in [3.05, 3.63) is 59.7 Å². The maximum Gasteiger partial charge on any atom is 0.313 e. The van der Waals surface area contributed by atoms with Crippen molar-refractivity contribution >= 4 is 27.5 Å². The molecule has 3 rings (SSSR count). The van der Waals surface area contributed by atoms with Gasteiger partial charge >= 0.3 is 11.8 Å². The number of nitrogens with one attached hydrogen (secondary N) is 2. The Morgan fingerprint density at radius 1 is 1.00 bits per heavy atom. The SMILES string of the molecule is Cc1ccc(S(=O)(=O)N2CCCCC2CCNC(=O)C(=O)Nc2cccc(C)c2)cc1. The number of sulfonamides is 1. The van der Waals surface area contributed by atoms with E-state index in [0.717, 1.165) is 30.4 Å². The van der Waals surface area contributed by atoms with Gasteiger partial charge in [-0.15, -0.1) is 0 Å². The number of hydrogen-bond donors (Lipinski definition) is 2. The van der Waals surface area contributed by atoms with Gasteiger partial charge in [-0.25, -0.2) is 8.42 Å². The van der Waals surface area contributed by atoms with Gasteiger partial charge in [0, 0.05) is 24.8 Å². The van der Waals surface area contributed by atoms with Crippen LogP contribution in [0, 0.1) is 13.8 Å². The minimum Gasteiger partial charge on any atom is -0.348 e. The third kappa shape index (κ3) is 5.92. The Hall–Kier alpha value is -2.71. The predicted molar refractivity (Wildman–Crippen MR) is 120 cm³/mol. The topological polar surface area (TPSA) is 95.6 Å². The number of piperidine rings is 1. The molecule has 1 saturated heterocycles. The van der Waals surface area contributed by atoms with E-state index in [-0.39, 0.29) is 17.5 Å². The average molecular weight is 444 g/mol. The molecule has 0 bridgehead atoms. The summed E-state index contributed by atoms with van der Waals surface area (Å²) < 4.78 is 27.8. The quantitative estimate of drug-likeness (QED) is 0.671. The van der Waals surface area contributed by atoms with Crippen molar-refractivity contribution in [3.63, 3.8) is 0 Å². The smallest absolute Gasteiger partial charge is 0.313 e. The molecule has 31 heavy (non-hydrogen) atoms. The third-order valence-electron chi connectivity index (χ3n) is 5.45. The first-order chi connectivity index (χ1) is 14.8. The molecule has 1 heterocycles. The van der Waals surface area contributed by atoms with Crippen molar-refractivity contribution in [1.82, 2.24) is 9.62 Å². The number of carbonyl (C=O) groups is 2. The van der Waals surface area contributed by atoms with Gasteiger partial charge in [-0.3, -0.25) is 9.59 Å². The van der Waals surface area contributed by atoms with Gasteiger partial charge in [-0.1, -0.05) is 36.2 Å². The van der Waals surface area contributed by atoms with Gasteiger partial charge in [0.15, 0.2) is 0 Å². The molecule has 0 spiro atoms. The van der Waals surface area contributed by atoms with Gasteiger partial charge < -0.3 is 10.6 Å². The van der Waals surface area contributed by atoms with Crippen LogP contribution in [0.2, 0.25) is 0 Å². The molecule has 1 fully saturated rings. The fourth-order valence-electron chi connectivity index (χ4n) is 3.77. The van der Waals surface area contributed by atoms with Crippen molar-refractivity contribution in [2.75, 3.05) is 18.4 Å². The summed E-state index contributed by atoms with van der Waals surface area (Å²) in [7, 11) is -3.60. The van der Waals surface area contributed by atoms with Crippen LogP contribution in [0.4, 0.5) is 5.69 Å². The molecule has 1 aliphatic heterocycles. The summed E-state index contributed by atoms with van der Waals surface area (Å²) >= 11 is 0. The average Bonchev–Trinajstić information content (AvgIpc) is 2.74. The predicted octanol–water partition coefficient (Wildman–Crippen LogP) is 2.99. The molecule has 166 valence electrons. The highest BCUT2D eigenvalue weighted by molar-refractivity contribution is 7.89. The van der Waals surface area contributed by atoms with E-state index < -0.39 is 21.8 Å². The first-order valence-corrected chi connectivity index (χ1v) is 12.0. The lowest BCUT2D eigenvalue weighted by Crippen LogP contribution is -2.45. The molecule has 0 saturated carbocycles. The summed E-state index contributed by atoms with van der Waals surface area (Å²) in [6, 6.07) is 13.8. The van der Waals surface area contributed by atoms with E-state index in [0.29, 0.717) is 18.7 Å². The fourth-order valence-corrected chi connectivity index (χ4v) is 5.49. The molecule has 2 N–H and O–H groups in total. The van der Waals surface area contributed by atoms with E-state index in [1.54, 1.807) is 46.8 Å². The Morgan fingerprint density at radius 2 is 1.74 bits per heavy atom. The zero-order valence-electron chi connectivity index (χ0n) is 17.9. The number of nitrogens with zero attached hydrogens (tertiary/aromatic N) is 1. The number of hydrogen-bond acceptors (Lipinski definition) is 4. The maximum absolute atomic E-state index is 13.1. The highest BCUT2D eigenvalue weighted by Crippen LogP contribution is 2.27. The minimum atomic E-state index is -3.60. The van der Waals surface area contributed by atoms with Crippen molar-refractivity contribution in [1.29, 1.82) is 0 Å². The van der Waals surface area contributed by atoms with Crippen molar-refractivity contribution in [3.8, 4) is 0 Å². The standard InChI is InChI=1S/C23H29N3O4S/c1-17-9-11-21(12-10-17)31(29,30)26-15-4-3-8-20(26)13-14-24-22(27)23(28)25-19-7-5-6-18(2)16-19/h5-7,9-12,16,20H,3-4,8,13-15H2,1-2H3,(H,24,27)(H,25,28). The van der Waals surface area contributed by atoms with Crippen molar-refractivity contribution in [2.45, 2.75) is 50.5 Å². The fraction of sp³-hybridized carbons (Fsp3) is 0.391. The van der Waals surface area contributed by atoms with Gasteiger partial charge in [0.25, 0.3) is 0 Å². The van der Waals surface area contributed by atoms with Gasteiger partial charge in [0.05, 0.1) is 4.90 Å². The molecule has 2 amide bonds. The summed E-state index contributed by atoms with van der Waals surface area (Å²) in [5.74, 6) is -1.47. The zero-order valence-corrected chi connectivity index (χ0v) is 18.7. The van der Waals surface area contributed by atoms with Gasteiger partial charge in [0.1, 0.15) is 0 Å². The van der Waals surface area contributed by atoms with E-state index in [2.05, 4.69) is 10.6 Å². The van der Waals surface area contributed by atoms with E-state index >= 15 is 0 Å². The number of amides is 2. The van der Waals surface area contributed by atoms with Crippen LogP contribution in [-0.2, 0) is 19.6 Å². The molecule has 1 aliphatic rings. The molecule has 1 atom stereocenters. The zero-order chi connectivity index (χ0) is 22.4. The molecule has 0 radical (unpaired) electrons. The third-order valence-corrected chi connectivity index (χ3v) is 7.41. The second-order valence-corrected chi connectivity index (χ2v) is 9.84. The first kappa shape index (κ1) is 23.0. The Morgan fingerprint density at radius 3 is 2.45 bits per heavy atom. The minimum absolute atomic E-state index is 0.208. The second-order valence-electron chi connectivity index (χ2n) is 7.95. The van der Waals surface area contributed by atoms with Crippen molar-refractivity contribution in [2.24, 2.45) is 0 Å². The van der Waals surface area contributed by atoms with Gasteiger partial charge in [-0.05, 0) is 62.9 Å². The van der Waals surface area contributed by atoms with Crippen LogP contribution in [0.3, 0.4) is 0 Å². The van der Waals surface area contributed by atoms with E-state index in [4.69, 9.17) is 0 Å². The lowest BCUT2D eigenvalue weighted by molar-refractivity contribution is -0.136. The molecular formula is C23H29N3O4S. The maximum atomic E-state index is 13.1. The molecule has 2 aromatic carbocycles. The summed E-state index contributed by atoms with van der Waals surface area (Å²) in [6.45, 7) is 4.50. The highest BCUT2D eigenvalue weighted by atomic mass is 32.2. The largest absolute Gasteiger partial charge is 0.348 e. The summed E-state index contributed by atoms with van der Waals surface area (Å²) in [5.41, 5.74) is 2.54. The first-order valence-electron chi connectivity index (χ1n) is 10.5. The normalized spacial score (nSPS) is 17.2. The molecular weight excluding hydrogens is 414 g/mol. The Balaban J connectivity index is 1.57. The van der Waals surface area contributed by atoms with Gasteiger partial charge in [0.2, 0.25) is 10.0 Å². The van der Waals surface area contributed by atoms with Gasteiger partial charge in [-0.2, -0.15) is 4.31 Å². The highest BCUT2D eigenvalue weighted by Gasteiger charge is 2.33.